The molecular formula is C19H15ClN2O3S2. The van der Waals surface area contributed by atoms with Crippen LogP contribution in [0.25, 0.3) is 15.9 Å². The molecule has 1 fully saturated rings. The summed E-state index contributed by atoms with van der Waals surface area (Å²) in [6.07, 6.45) is 3.64. The first-order valence-corrected chi connectivity index (χ1v) is 10.9. The van der Waals surface area contributed by atoms with Crippen LogP contribution >= 0.6 is 34.7 Å². The molecule has 1 aliphatic carbocycles. The molecule has 3 aromatic rings. The summed E-state index contributed by atoms with van der Waals surface area (Å²) in [5.74, 6) is -0.245. The Kier molecular flexibility index (Phi) is 4.26. The van der Waals surface area contributed by atoms with Crippen molar-refractivity contribution in [3.8, 4) is 5.69 Å². The van der Waals surface area contributed by atoms with Crippen LogP contribution in [-0.2, 0) is 22.4 Å². The van der Waals surface area contributed by atoms with E-state index in [9.17, 15) is 9.59 Å². The zero-order valence-corrected chi connectivity index (χ0v) is 16.6. The molecule has 2 aromatic heterocycles. The summed E-state index contributed by atoms with van der Waals surface area (Å²) in [5.41, 5.74) is 1.77. The topological polar surface area (TPSA) is 61.2 Å². The van der Waals surface area contributed by atoms with Crippen molar-refractivity contribution in [1.29, 1.82) is 0 Å². The zero-order chi connectivity index (χ0) is 18.5. The molecule has 0 saturated carbocycles. The Morgan fingerprint density at radius 1 is 1.22 bits per heavy atom. The van der Waals surface area contributed by atoms with Gasteiger partial charge in [-0.15, -0.1) is 11.3 Å². The lowest BCUT2D eigenvalue weighted by Gasteiger charge is -2.14. The van der Waals surface area contributed by atoms with Gasteiger partial charge in [-0.1, -0.05) is 23.4 Å². The minimum atomic E-state index is -0.334. The highest BCUT2D eigenvalue weighted by Crippen LogP contribution is 2.37. The second kappa shape index (κ2) is 6.65. The van der Waals surface area contributed by atoms with Gasteiger partial charge in [-0.3, -0.25) is 14.2 Å². The Hall–Kier alpha value is -1.83. The molecule has 0 spiro atoms. The van der Waals surface area contributed by atoms with E-state index in [2.05, 4.69) is 0 Å². The Balaban J connectivity index is 1.73. The summed E-state index contributed by atoms with van der Waals surface area (Å²) >= 11 is 8.93. The molecule has 0 bridgehead atoms. The molecule has 0 amide bonds. The molecule has 1 atom stereocenters. The highest BCUT2D eigenvalue weighted by molar-refractivity contribution is 8.00. The lowest BCUT2D eigenvalue weighted by atomic mass is 10.2. The van der Waals surface area contributed by atoms with Gasteiger partial charge in [0.2, 0.25) is 0 Å². The molecule has 1 saturated heterocycles. The molecule has 0 N–H and O–H groups in total. The van der Waals surface area contributed by atoms with Crippen LogP contribution in [0.15, 0.2) is 34.2 Å². The predicted molar refractivity (Wildman–Crippen MR) is 107 cm³/mol. The fraction of sp³-hybridized carbons (Fsp3) is 0.316. The average molecular weight is 419 g/mol. The summed E-state index contributed by atoms with van der Waals surface area (Å²) < 4.78 is 6.69. The first-order chi connectivity index (χ1) is 13.1. The summed E-state index contributed by atoms with van der Waals surface area (Å²) in [5, 5.41) is 1.52. The van der Waals surface area contributed by atoms with Crippen molar-refractivity contribution in [1.82, 2.24) is 9.55 Å². The van der Waals surface area contributed by atoms with Gasteiger partial charge in [0.1, 0.15) is 10.1 Å². The van der Waals surface area contributed by atoms with E-state index in [1.807, 2.05) is 0 Å². The van der Waals surface area contributed by atoms with Gasteiger partial charge >= 0.3 is 5.97 Å². The van der Waals surface area contributed by atoms with Gasteiger partial charge in [-0.25, -0.2) is 4.98 Å². The van der Waals surface area contributed by atoms with Crippen molar-refractivity contribution in [2.75, 3.05) is 6.61 Å². The maximum absolute atomic E-state index is 13.5. The van der Waals surface area contributed by atoms with Crippen LogP contribution in [0.1, 0.15) is 23.3 Å². The minimum absolute atomic E-state index is 0.0735. The minimum Gasteiger partial charge on any atom is -0.465 e. The van der Waals surface area contributed by atoms with Crippen molar-refractivity contribution in [3.63, 3.8) is 0 Å². The molecular weight excluding hydrogens is 404 g/mol. The van der Waals surface area contributed by atoms with E-state index in [0.29, 0.717) is 28.9 Å². The van der Waals surface area contributed by atoms with Crippen LogP contribution < -0.4 is 5.56 Å². The number of rotatable bonds is 3. The van der Waals surface area contributed by atoms with Gasteiger partial charge in [0, 0.05) is 16.3 Å². The van der Waals surface area contributed by atoms with Crippen LogP contribution in [0.3, 0.4) is 0 Å². The molecule has 1 aromatic carbocycles. The Labute approximate surface area is 168 Å². The lowest BCUT2D eigenvalue weighted by Crippen LogP contribution is -2.23. The predicted octanol–water partition coefficient (Wildman–Crippen LogP) is 4.00. The average Bonchev–Trinajstić information content (AvgIpc) is 3.33. The third kappa shape index (κ3) is 2.88. The van der Waals surface area contributed by atoms with Crippen molar-refractivity contribution in [2.45, 2.75) is 36.1 Å². The summed E-state index contributed by atoms with van der Waals surface area (Å²) in [6.45, 7) is 0.414. The monoisotopic (exact) mass is 418 g/mol. The maximum Gasteiger partial charge on any atom is 0.319 e. The Morgan fingerprint density at radius 3 is 2.78 bits per heavy atom. The van der Waals surface area contributed by atoms with E-state index < -0.39 is 0 Å². The number of thioether (sulfide) groups is 1. The number of benzene rings is 1. The highest BCUT2D eigenvalue weighted by atomic mass is 35.5. The third-order valence-electron chi connectivity index (χ3n) is 4.93. The highest BCUT2D eigenvalue weighted by Gasteiger charge is 2.31. The van der Waals surface area contributed by atoms with Gasteiger partial charge in [0.25, 0.3) is 5.56 Å². The van der Waals surface area contributed by atoms with Gasteiger partial charge in [0.15, 0.2) is 5.16 Å². The maximum atomic E-state index is 13.5. The molecule has 8 heteroatoms. The quantitative estimate of drug-likeness (QED) is 0.475. The Bertz CT molecular complexity index is 1120. The first kappa shape index (κ1) is 17.3. The summed E-state index contributed by atoms with van der Waals surface area (Å²) in [6, 6.07) is 7.12. The molecule has 5 rings (SSSR count). The number of cyclic esters (lactones) is 1. The third-order valence-corrected chi connectivity index (χ3v) is 7.56. The number of hydrogen-bond donors (Lipinski definition) is 0. The first-order valence-electron chi connectivity index (χ1n) is 8.78. The lowest BCUT2D eigenvalue weighted by molar-refractivity contribution is -0.137. The van der Waals surface area contributed by atoms with E-state index in [-0.39, 0.29) is 16.8 Å². The van der Waals surface area contributed by atoms with Gasteiger partial charge in [-0.05, 0) is 49.1 Å². The molecule has 3 heterocycles. The SMILES string of the molecule is O=C1OCCC1Sc1nc2sc3c(c2c(=O)n1-c1ccc(Cl)cc1)CCC3. The van der Waals surface area contributed by atoms with E-state index in [1.54, 1.807) is 40.2 Å². The summed E-state index contributed by atoms with van der Waals surface area (Å²) in [4.78, 5) is 32.3. The van der Waals surface area contributed by atoms with Gasteiger partial charge < -0.3 is 4.74 Å². The number of aromatic nitrogens is 2. The number of carbonyl (C=O) groups excluding carboxylic acids is 1. The van der Waals surface area contributed by atoms with Crippen LogP contribution in [-0.4, -0.2) is 27.4 Å². The molecule has 0 radical (unpaired) electrons. The Morgan fingerprint density at radius 2 is 2.04 bits per heavy atom. The molecule has 2 aliphatic rings. The van der Waals surface area contributed by atoms with Crippen LogP contribution in [0.5, 0.6) is 0 Å². The number of halogens is 1. The fourth-order valence-corrected chi connectivity index (χ4v) is 6.14. The molecule has 138 valence electrons. The van der Waals surface area contributed by atoms with Crippen molar-refractivity contribution >= 4 is 50.9 Å². The number of thiophene rings is 1. The number of hydrogen-bond acceptors (Lipinski definition) is 6. The number of aryl methyl sites for hydroxylation is 2. The normalized spacial score (nSPS) is 18.9. The molecule has 5 nitrogen and oxygen atoms in total. The van der Waals surface area contributed by atoms with E-state index in [4.69, 9.17) is 21.3 Å². The number of carbonyl (C=O) groups is 1. The van der Waals surface area contributed by atoms with E-state index >= 15 is 0 Å². The van der Waals surface area contributed by atoms with Gasteiger partial charge in [-0.2, -0.15) is 0 Å². The standard InChI is InChI=1S/C19H15ClN2O3S2/c20-10-4-6-11(7-5-10)22-17(23)15-12-2-1-3-13(12)26-16(15)21-19(22)27-14-8-9-25-18(14)24/h4-7,14H,1-3,8-9H2. The summed E-state index contributed by atoms with van der Waals surface area (Å²) in [7, 11) is 0. The fourth-order valence-electron chi connectivity index (χ4n) is 3.63. The number of esters is 1. The van der Waals surface area contributed by atoms with Crippen LogP contribution in [0, 0.1) is 0 Å². The number of fused-ring (bicyclic) bond motifs is 3. The van der Waals surface area contributed by atoms with Crippen molar-refractivity contribution < 1.29 is 9.53 Å². The van der Waals surface area contributed by atoms with Crippen molar-refractivity contribution in [3.05, 3.63) is 50.1 Å². The molecule has 27 heavy (non-hydrogen) atoms. The molecule has 1 aliphatic heterocycles. The number of ether oxygens (including phenoxy) is 1. The second-order valence-corrected chi connectivity index (χ2v) is 9.30. The van der Waals surface area contributed by atoms with Crippen LogP contribution in [0.4, 0.5) is 0 Å². The van der Waals surface area contributed by atoms with Crippen LogP contribution in [0.2, 0.25) is 5.02 Å². The van der Waals surface area contributed by atoms with E-state index in [0.717, 1.165) is 35.0 Å². The van der Waals surface area contributed by atoms with E-state index in [1.165, 1.54) is 16.6 Å². The number of nitrogens with zero attached hydrogens (tertiary/aromatic N) is 2. The smallest absolute Gasteiger partial charge is 0.319 e. The second-order valence-electron chi connectivity index (χ2n) is 6.61. The van der Waals surface area contributed by atoms with Crippen molar-refractivity contribution in [2.24, 2.45) is 0 Å². The largest absolute Gasteiger partial charge is 0.465 e. The van der Waals surface area contributed by atoms with Gasteiger partial charge in [0.05, 0.1) is 17.7 Å². The molecule has 1 unspecified atom stereocenters. The zero-order valence-electron chi connectivity index (χ0n) is 14.2.